The van der Waals surface area contributed by atoms with Gasteiger partial charge in [0, 0.05) is 0 Å². The Balaban J connectivity index is 2.07. The van der Waals surface area contributed by atoms with Crippen LogP contribution < -0.4 is 16.0 Å². The minimum atomic E-state index is -0.386. The highest BCUT2D eigenvalue weighted by atomic mass is 16.5. The van der Waals surface area contributed by atoms with Crippen molar-refractivity contribution in [1.82, 2.24) is 5.43 Å². The summed E-state index contributed by atoms with van der Waals surface area (Å²) < 4.78 is 11.1. The molecule has 0 saturated carbocycles. The van der Waals surface area contributed by atoms with Gasteiger partial charge in [0.05, 0.1) is 5.56 Å². The van der Waals surface area contributed by atoms with E-state index >= 15 is 0 Å². The lowest BCUT2D eigenvalue weighted by Gasteiger charge is -2.12. The molecule has 2 rings (SSSR count). The Bertz CT molecular complexity index is 632. The van der Waals surface area contributed by atoms with Crippen LogP contribution in [0.3, 0.4) is 0 Å². The van der Waals surface area contributed by atoms with E-state index < -0.39 is 0 Å². The lowest BCUT2D eigenvalue weighted by molar-refractivity contribution is 0.0953. The average molecular weight is 288 g/mol. The van der Waals surface area contributed by atoms with Gasteiger partial charge in [0.15, 0.2) is 0 Å². The van der Waals surface area contributed by atoms with Crippen molar-refractivity contribution in [3.63, 3.8) is 0 Å². The minimum Gasteiger partial charge on any atom is -0.485 e. The van der Waals surface area contributed by atoms with Crippen LogP contribution in [0, 0.1) is 6.92 Å². The summed E-state index contributed by atoms with van der Waals surface area (Å²) in [5.74, 6) is 6.52. The Hall–Kier alpha value is -2.27. The maximum Gasteiger partial charge on any atom is 0.268 e. The number of nitrogens with one attached hydrogen (secondary N) is 1. The van der Waals surface area contributed by atoms with Gasteiger partial charge in [0.25, 0.3) is 5.91 Å². The van der Waals surface area contributed by atoms with Gasteiger partial charge in [-0.15, -0.1) is 0 Å². The molecular formula is C16H20N2O3. The molecule has 5 heteroatoms. The molecule has 112 valence electrons. The summed E-state index contributed by atoms with van der Waals surface area (Å²) >= 11 is 0. The molecule has 1 aromatic carbocycles. The molecule has 0 aliphatic rings. The Labute approximate surface area is 124 Å². The second kappa shape index (κ2) is 6.45. The van der Waals surface area contributed by atoms with Crippen molar-refractivity contribution in [2.75, 3.05) is 0 Å². The van der Waals surface area contributed by atoms with Crippen LogP contribution in [-0.4, -0.2) is 5.91 Å². The molecule has 1 heterocycles. The molecule has 0 saturated heterocycles. The fraction of sp³-hybridized carbons (Fsp3) is 0.312. The lowest BCUT2D eigenvalue weighted by Crippen LogP contribution is -2.29. The van der Waals surface area contributed by atoms with Gasteiger partial charge in [-0.25, -0.2) is 5.84 Å². The van der Waals surface area contributed by atoms with E-state index in [1.165, 1.54) is 11.8 Å². The zero-order chi connectivity index (χ0) is 15.4. The standard InChI is InChI=1S/C16H20N2O3/c1-10(2)12-5-4-11(3)15(7-12)21-9-14-6-13(8-20-14)16(19)18-17/h4-8,10H,9,17H2,1-3H3,(H,18,19). The van der Waals surface area contributed by atoms with Crippen molar-refractivity contribution in [3.8, 4) is 5.75 Å². The van der Waals surface area contributed by atoms with E-state index in [9.17, 15) is 4.79 Å². The Morgan fingerprint density at radius 1 is 1.38 bits per heavy atom. The first kappa shape index (κ1) is 15.1. The SMILES string of the molecule is Cc1ccc(C(C)C)cc1OCc1cc(C(=O)NN)co1. The molecule has 0 bridgehead atoms. The maximum atomic E-state index is 11.3. The third-order valence-corrected chi connectivity index (χ3v) is 3.30. The molecule has 2 aromatic rings. The minimum absolute atomic E-state index is 0.264. The predicted octanol–water partition coefficient (Wildman–Crippen LogP) is 2.89. The maximum absolute atomic E-state index is 11.3. The number of ether oxygens (including phenoxy) is 1. The third kappa shape index (κ3) is 3.64. The number of rotatable bonds is 5. The van der Waals surface area contributed by atoms with Crippen molar-refractivity contribution < 1.29 is 13.9 Å². The zero-order valence-electron chi connectivity index (χ0n) is 12.5. The Morgan fingerprint density at radius 2 is 2.14 bits per heavy atom. The van der Waals surface area contributed by atoms with E-state index in [0.29, 0.717) is 17.2 Å². The number of nitrogens with two attached hydrogens (primary N) is 1. The smallest absolute Gasteiger partial charge is 0.268 e. The van der Waals surface area contributed by atoms with Crippen molar-refractivity contribution in [3.05, 3.63) is 53.0 Å². The number of hydrogen-bond acceptors (Lipinski definition) is 4. The van der Waals surface area contributed by atoms with Crippen molar-refractivity contribution in [2.24, 2.45) is 5.84 Å². The monoisotopic (exact) mass is 288 g/mol. The van der Waals surface area contributed by atoms with Gasteiger partial charge in [-0.05, 0) is 36.1 Å². The second-order valence-electron chi connectivity index (χ2n) is 5.24. The Morgan fingerprint density at radius 3 is 2.81 bits per heavy atom. The van der Waals surface area contributed by atoms with E-state index in [4.69, 9.17) is 15.0 Å². The van der Waals surface area contributed by atoms with Gasteiger partial charge >= 0.3 is 0 Å². The van der Waals surface area contributed by atoms with Crippen LogP contribution in [0.5, 0.6) is 5.75 Å². The summed E-state index contributed by atoms with van der Waals surface area (Å²) in [4.78, 5) is 11.3. The molecule has 0 spiro atoms. The molecule has 1 aromatic heterocycles. The first-order valence-electron chi connectivity index (χ1n) is 6.83. The van der Waals surface area contributed by atoms with Crippen molar-refractivity contribution >= 4 is 5.91 Å². The van der Waals surface area contributed by atoms with Crippen molar-refractivity contribution in [2.45, 2.75) is 33.3 Å². The largest absolute Gasteiger partial charge is 0.485 e. The third-order valence-electron chi connectivity index (χ3n) is 3.30. The molecule has 5 nitrogen and oxygen atoms in total. The Kier molecular flexibility index (Phi) is 4.65. The number of amides is 1. The quantitative estimate of drug-likeness (QED) is 0.504. The fourth-order valence-corrected chi connectivity index (χ4v) is 1.94. The number of carbonyl (C=O) groups is 1. The zero-order valence-corrected chi connectivity index (χ0v) is 12.5. The molecule has 1 amide bonds. The van der Waals surface area contributed by atoms with Gasteiger partial charge in [0.1, 0.15) is 24.4 Å². The van der Waals surface area contributed by atoms with Crippen LogP contribution in [-0.2, 0) is 6.61 Å². The molecule has 3 N–H and O–H groups in total. The van der Waals surface area contributed by atoms with Gasteiger partial charge in [-0.2, -0.15) is 0 Å². The van der Waals surface area contributed by atoms with Crippen LogP contribution in [0.15, 0.2) is 34.9 Å². The molecular weight excluding hydrogens is 268 g/mol. The topological polar surface area (TPSA) is 77.5 Å². The number of hydrazine groups is 1. The number of hydrogen-bond donors (Lipinski definition) is 2. The van der Waals surface area contributed by atoms with Crippen LogP contribution in [0.1, 0.15) is 47.0 Å². The number of aryl methyl sites for hydroxylation is 1. The number of furan rings is 1. The molecule has 0 atom stereocenters. The van der Waals surface area contributed by atoms with Crippen LogP contribution in [0.4, 0.5) is 0 Å². The molecule has 0 unspecified atom stereocenters. The summed E-state index contributed by atoms with van der Waals surface area (Å²) in [5, 5.41) is 0. The summed E-state index contributed by atoms with van der Waals surface area (Å²) in [6, 6.07) is 7.80. The predicted molar refractivity (Wildman–Crippen MR) is 80.0 cm³/mol. The number of benzene rings is 1. The molecule has 0 aliphatic heterocycles. The summed E-state index contributed by atoms with van der Waals surface area (Å²) in [6.45, 7) is 6.53. The van der Waals surface area contributed by atoms with Gasteiger partial charge < -0.3 is 9.15 Å². The van der Waals surface area contributed by atoms with Crippen LogP contribution in [0.25, 0.3) is 0 Å². The molecule has 0 radical (unpaired) electrons. The normalized spacial score (nSPS) is 10.7. The number of carbonyl (C=O) groups excluding carboxylic acids is 1. The summed E-state index contributed by atoms with van der Waals surface area (Å²) in [5.41, 5.74) is 4.72. The molecule has 0 aliphatic carbocycles. The van der Waals surface area contributed by atoms with Gasteiger partial charge in [0.2, 0.25) is 0 Å². The van der Waals surface area contributed by atoms with E-state index in [-0.39, 0.29) is 12.5 Å². The lowest BCUT2D eigenvalue weighted by atomic mass is 10.0. The highest BCUT2D eigenvalue weighted by Crippen LogP contribution is 2.25. The van der Waals surface area contributed by atoms with E-state index in [1.807, 2.05) is 19.1 Å². The summed E-state index contributed by atoms with van der Waals surface area (Å²) in [6.07, 6.45) is 1.36. The molecule has 21 heavy (non-hydrogen) atoms. The highest BCUT2D eigenvalue weighted by molar-refractivity contribution is 5.93. The first-order chi connectivity index (χ1) is 10.0. The van der Waals surface area contributed by atoms with E-state index in [0.717, 1.165) is 11.3 Å². The fourth-order valence-electron chi connectivity index (χ4n) is 1.94. The highest BCUT2D eigenvalue weighted by Gasteiger charge is 2.10. The van der Waals surface area contributed by atoms with Crippen LogP contribution >= 0.6 is 0 Å². The van der Waals surface area contributed by atoms with Crippen molar-refractivity contribution in [1.29, 1.82) is 0 Å². The molecule has 0 fully saturated rings. The second-order valence-corrected chi connectivity index (χ2v) is 5.24. The summed E-state index contributed by atoms with van der Waals surface area (Å²) in [7, 11) is 0. The number of nitrogen functional groups attached to an aromatic ring is 1. The first-order valence-corrected chi connectivity index (χ1v) is 6.83. The van der Waals surface area contributed by atoms with E-state index in [2.05, 4.69) is 25.3 Å². The average Bonchev–Trinajstić information content (AvgIpc) is 2.94. The van der Waals surface area contributed by atoms with Gasteiger partial charge in [-0.1, -0.05) is 26.0 Å². The van der Waals surface area contributed by atoms with Crippen LogP contribution in [0.2, 0.25) is 0 Å². The van der Waals surface area contributed by atoms with Gasteiger partial charge in [-0.3, -0.25) is 10.2 Å². The van der Waals surface area contributed by atoms with E-state index in [1.54, 1.807) is 6.07 Å².